The van der Waals surface area contributed by atoms with Crippen LogP contribution in [0.1, 0.15) is 43.9 Å². The molecule has 3 rings (SSSR count). The van der Waals surface area contributed by atoms with Gasteiger partial charge in [-0.3, -0.25) is 9.59 Å². The van der Waals surface area contributed by atoms with Crippen molar-refractivity contribution in [2.24, 2.45) is 0 Å². The molecule has 0 bridgehead atoms. The van der Waals surface area contributed by atoms with Crippen molar-refractivity contribution in [3.8, 4) is 17.2 Å². The number of likely N-dealkylation sites (tertiary alicyclic amines) is 1. The lowest BCUT2D eigenvalue weighted by Crippen LogP contribution is -2.30. The van der Waals surface area contributed by atoms with Gasteiger partial charge in [0.15, 0.2) is 11.5 Å². The number of phenolic OH excluding ortho intramolecular Hbond substituents is 1. The molecule has 1 aliphatic heterocycles. The molecule has 1 aliphatic rings. The SMILES string of the molecule is CCCCN1C(=O)C(=O)/C(=C(\O)c2cccc(OC)c2)C1c1ccc(O)c(OCC)c1. The molecule has 0 aromatic heterocycles. The summed E-state index contributed by atoms with van der Waals surface area (Å²) in [6.45, 7) is 4.50. The highest BCUT2D eigenvalue weighted by Crippen LogP contribution is 2.42. The second-order valence-corrected chi connectivity index (χ2v) is 7.24. The zero-order valence-electron chi connectivity index (χ0n) is 17.9. The summed E-state index contributed by atoms with van der Waals surface area (Å²) in [5.74, 6) is -0.941. The van der Waals surface area contributed by atoms with Crippen LogP contribution in [0, 0.1) is 0 Å². The highest BCUT2D eigenvalue weighted by molar-refractivity contribution is 6.46. The maximum Gasteiger partial charge on any atom is 0.295 e. The van der Waals surface area contributed by atoms with E-state index in [0.717, 1.165) is 6.42 Å². The van der Waals surface area contributed by atoms with Crippen LogP contribution in [0.5, 0.6) is 17.2 Å². The van der Waals surface area contributed by atoms with Gasteiger partial charge in [-0.1, -0.05) is 31.5 Å². The number of phenols is 1. The number of carbonyl (C=O) groups is 2. The monoisotopic (exact) mass is 425 g/mol. The third-order valence-corrected chi connectivity index (χ3v) is 5.24. The van der Waals surface area contributed by atoms with Gasteiger partial charge in [-0.2, -0.15) is 0 Å². The van der Waals surface area contributed by atoms with Crippen LogP contribution in [-0.2, 0) is 9.59 Å². The van der Waals surface area contributed by atoms with Gasteiger partial charge in [0.25, 0.3) is 11.7 Å². The van der Waals surface area contributed by atoms with E-state index in [4.69, 9.17) is 9.47 Å². The number of nitrogens with zero attached hydrogens (tertiary/aromatic N) is 1. The van der Waals surface area contributed by atoms with Crippen molar-refractivity contribution in [2.75, 3.05) is 20.3 Å². The fourth-order valence-corrected chi connectivity index (χ4v) is 3.68. The third-order valence-electron chi connectivity index (χ3n) is 5.24. The quantitative estimate of drug-likeness (QED) is 0.377. The number of amides is 1. The average molecular weight is 425 g/mol. The minimum absolute atomic E-state index is 0.00231. The van der Waals surface area contributed by atoms with E-state index < -0.39 is 17.7 Å². The number of rotatable bonds is 8. The Morgan fingerprint density at radius 2 is 1.90 bits per heavy atom. The summed E-state index contributed by atoms with van der Waals surface area (Å²) in [5, 5.41) is 21.2. The maximum atomic E-state index is 13.0. The van der Waals surface area contributed by atoms with Gasteiger partial charge >= 0.3 is 0 Å². The van der Waals surface area contributed by atoms with Crippen LogP contribution < -0.4 is 9.47 Å². The molecular weight excluding hydrogens is 398 g/mol. The minimum atomic E-state index is -0.794. The smallest absolute Gasteiger partial charge is 0.295 e. The van der Waals surface area contributed by atoms with Gasteiger partial charge in [0.1, 0.15) is 11.5 Å². The zero-order chi connectivity index (χ0) is 22.5. The van der Waals surface area contributed by atoms with Crippen molar-refractivity contribution < 1.29 is 29.3 Å². The molecule has 1 saturated heterocycles. The number of carbonyl (C=O) groups excluding carboxylic acids is 2. The molecule has 2 N–H and O–H groups in total. The van der Waals surface area contributed by atoms with Gasteiger partial charge in [0.2, 0.25) is 0 Å². The van der Waals surface area contributed by atoms with E-state index in [1.54, 1.807) is 43.3 Å². The molecule has 7 nitrogen and oxygen atoms in total. The van der Waals surface area contributed by atoms with Crippen LogP contribution in [0.25, 0.3) is 5.76 Å². The van der Waals surface area contributed by atoms with Crippen molar-refractivity contribution in [3.05, 3.63) is 59.2 Å². The molecule has 1 heterocycles. The highest BCUT2D eigenvalue weighted by Gasteiger charge is 2.46. The lowest BCUT2D eigenvalue weighted by Gasteiger charge is -2.25. The standard InChI is InChI=1S/C24H27NO6/c1-4-6-12-25-21(15-10-11-18(26)19(14-15)31-5-2)20(23(28)24(25)29)22(27)16-8-7-9-17(13-16)30-3/h7-11,13-14,21,26-27H,4-6,12H2,1-3H3/b22-20-. The number of aliphatic hydroxyl groups is 1. The molecule has 164 valence electrons. The highest BCUT2D eigenvalue weighted by atomic mass is 16.5. The van der Waals surface area contributed by atoms with Crippen LogP contribution >= 0.6 is 0 Å². The molecule has 0 spiro atoms. The fraction of sp³-hybridized carbons (Fsp3) is 0.333. The second kappa shape index (κ2) is 9.55. The first-order valence-electron chi connectivity index (χ1n) is 10.3. The number of Topliss-reactive ketones (excluding diaryl/α,β-unsaturated/α-hetero) is 1. The van der Waals surface area contributed by atoms with Gasteiger partial charge < -0.3 is 24.6 Å². The first-order valence-corrected chi connectivity index (χ1v) is 10.3. The number of hydrogen-bond donors (Lipinski definition) is 2. The van der Waals surface area contributed by atoms with Crippen LogP contribution in [0.4, 0.5) is 0 Å². The maximum absolute atomic E-state index is 13.0. The normalized spacial score (nSPS) is 17.8. The number of aliphatic hydroxyl groups excluding tert-OH is 1. The van der Waals surface area contributed by atoms with Crippen molar-refractivity contribution in [2.45, 2.75) is 32.7 Å². The predicted molar refractivity (Wildman–Crippen MR) is 116 cm³/mol. The largest absolute Gasteiger partial charge is 0.507 e. The summed E-state index contributed by atoms with van der Waals surface area (Å²) >= 11 is 0. The molecule has 7 heteroatoms. The lowest BCUT2D eigenvalue weighted by molar-refractivity contribution is -0.139. The molecule has 1 atom stereocenters. The number of unbranched alkanes of at least 4 members (excludes halogenated alkanes) is 1. The Morgan fingerprint density at radius 3 is 2.58 bits per heavy atom. The molecule has 31 heavy (non-hydrogen) atoms. The van der Waals surface area contributed by atoms with Gasteiger partial charge in [0, 0.05) is 12.1 Å². The Kier molecular flexibility index (Phi) is 6.84. The molecule has 0 radical (unpaired) electrons. The molecule has 0 aliphatic carbocycles. The van der Waals surface area contributed by atoms with Crippen LogP contribution in [0.3, 0.4) is 0 Å². The van der Waals surface area contributed by atoms with Crippen molar-refractivity contribution in [1.29, 1.82) is 0 Å². The average Bonchev–Trinajstić information content (AvgIpc) is 3.03. The van der Waals surface area contributed by atoms with E-state index in [9.17, 15) is 19.8 Å². The van der Waals surface area contributed by atoms with Gasteiger partial charge in [-0.25, -0.2) is 0 Å². The Morgan fingerprint density at radius 1 is 1.13 bits per heavy atom. The van der Waals surface area contributed by atoms with Gasteiger partial charge in [-0.15, -0.1) is 0 Å². The van der Waals surface area contributed by atoms with Crippen LogP contribution in [0.2, 0.25) is 0 Å². The number of methoxy groups -OCH3 is 1. The van der Waals surface area contributed by atoms with E-state index in [1.807, 2.05) is 6.92 Å². The Balaban J connectivity index is 2.18. The van der Waals surface area contributed by atoms with Crippen molar-refractivity contribution in [3.63, 3.8) is 0 Å². The van der Waals surface area contributed by atoms with E-state index in [1.165, 1.54) is 18.1 Å². The first kappa shape index (κ1) is 22.2. The number of ether oxygens (including phenoxy) is 2. The summed E-state index contributed by atoms with van der Waals surface area (Å²) < 4.78 is 10.7. The molecule has 2 aromatic carbocycles. The first-order chi connectivity index (χ1) is 14.9. The van der Waals surface area contributed by atoms with Gasteiger partial charge in [0.05, 0.1) is 25.3 Å². The zero-order valence-corrected chi connectivity index (χ0v) is 17.9. The summed E-state index contributed by atoms with van der Waals surface area (Å²) in [6, 6.07) is 10.6. The van der Waals surface area contributed by atoms with Crippen molar-refractivity contribution >= 4 is 17.4 Å². The summed E-state index contributed by atoms with van der Waals surface area (Å²) in [7, 11) is 1.51. The second-order valence-electron chi connectivity index (χ2n) is 7.24. The number of aromatic hydroxyl groups is 1. The molecule has 1 unspecified atom stereocenters. The fourth-order valence-electron chi connectivity index (χ4n) is 3.68. The van der Waals surface area contributed by atoms with Crippen LogP contribution in [-0.4, -0.2) is 47.1 Å². The van der Waals surface area contributed by atoms with E-state index in [2.05, 4.69) is 0 Å². The lowest BCUT2D eigenvalue weighted by atomic mass is 9.95. The molecule has 1 fully saturated rings. The topological polar surface area (TPSA) is 96.3 Å². The summed E-state index contributed by atoms with van der Waals surface area (Å²) in [5.41, 5.74) is 0.949. The Bertz CT molecular complexity index is 1010. The molecule has 1 amide bonds. The van der Waals surface area contributed by atoms with Crippen molar-refractivity contribution in [1.82, 2.24) is 4.90 Å². The third kappa shape index (κ3) is 4.35. The summed E-state index contributed by atoms with van der Waals surface area (Å²) in [6.07, 6.45) is 1.55. The summed E-state index contributed by atoms with van der Waals surface area (Å²) in [4.78, 5) is 27.3. The molecule has 0 saturated carbocycles. The molecular formula is C24H27NO6. The Hall–Kier alpha value is -3.48. The minimum Gasteiger partial charge on any atom is -0.507 e. The van der Waals surface area contributed by atoms with E-state index in [0.29, 0.717) is 36.4 Å². The predicted octanol–water partition coefficient (Wildman–Crippen LogP) is 4.02. The number of ketones is 1. The van der Waals surface area contributed by atoms with E-state index in [-0.39, 0.29) is 22.8 Å². The molecule has 2 aromatic rings. The Labute approximate surface area is 181 Å². The number of hydrogen-bond acceptors (Lipinski definition) is 6. The number of benzene rings is 2. The van der Waals surface area contributed by atoms with Crippen LogP contribution in [0.15, 0.2) is 48.0 Å². The van der Waals surface area contributed by atoms with E-state index >= 15 is 0 Å². The van der Waals surface area contributed by atoms with Gasteiger partial charge in [-0.05, 0) is 43.2 Å².